The quantitative estimate of drug-likeness (QED) is 0.926. The summed E-state index contributed by atoms with van der Waals surface area (Å²) in [5, 5.41) is 0. The van der Waals surface area contributed by atoms with Gasteiger partial charge in [-0.05, 0) is 18.6 Å². The molecule has 1 aromatic rings. The summed E-state index contributed by atoms with van der Waals surface area (Å²) >= 11 is 3.42. The standard InChI is InChI=1S/C12H15BrN2O/c1-2-3-6-15-10-7-8(13)4-5-9(10)11(14)12(15)16/h4-5,7,11H,2-3,6,14H2,1H3. The van der Waals surface area contributed by atoms with E-state index in [0.717, 1.165) is 35.1 Å². The van der Waals surface area contributed by atoms with Gasteiger partial charge in [0, 0.05) is 16.6 Å². The summed E-state index contributed by atoms with van der Waals surface area (Å²) in [4.78, 5) is 13.8. The molecule has 2 N–H and O–H groups in total. The fourth-order valence-corrected chi connectivity index (χ4v) is 2.33. The first kappa shape index (κ1) is 11.6. The van der Waals surface area contributed by atoms with Gasteiger partial charge >= 0.3 is 0 Å². The maximum atomic E-state index is 12.0. The number of hydrogen-bond acceptors (Lipinski definition) is 2. The van der Waals surface area contributed by atoms with Crippen molar-refractivity contribution in [3.63, 3.8) is 0 Å². The van der Waals surface area contributed by atoms with Crippen molar-refractivity contribution in [2.75, 3.05) is 11.4 Å². The van der Waals surface area contributed by atoms with Gasteiger partial charge in [-0.25, -0.2) is 0 Å². The second-order valence-electron chi connectivity index (χ2n) is 4.02. The van der Waals surface area contributed by atoms with Crippen LogP contribution in [0.1, 0.15) is 31.4 Å². The second kappa shape index (κ2) is 4.55. The predicted molar refractivity (Wildman–Crippen MR) is 68.3 cm³/mol. The summed E-state index contributed by atoms with van der Waals surface area (Å²) in [5.74, 6) is 0.0153. The van der Waals surface area contributed by atoms with E-state index in [0.29, 0.717) is 0 Å². The number of fused-ring (bicyclic) bond motifs is 1. The predicted octanol–water partition coefficient (Wildman–Crippen LogP) is 2.60. The first-order valence-electron chi connectivity index (χ1n) is 5.51. The Labute approximate surface area is 104 Å². The molecule has 0 spiro atoms. The SMILES string of the molecule is CCCCN1C(=O)C(N)c2ccc(Br)cc21. The summed E-state index contributed by atoms with van der Waals surface area (Å²) in [7, 11) is 0. The Morgan fingerprint density at radius 2 is 2.25 bits per heavy atom. The molecular weight excluding hydrogens is 268 g/mol. The smallest absolute Gasteiger partial charge is 0.248 e. The van der Waals surface area contributed by atoms with Gasteiger partial charge in [0.15, 0.2) is 0 Å². The molecule has 1 aliphatic heterocycles. The van der Waals surface area contributed by atoms with Crippen LogP contribution in [0.2, 0.25) is 0 Å². The van der Waals surface area contributed by atoms with Gasteiger partial charge in [-0.2, -0.15) is 0 Å². The highest BCUT2D eigenvalue weighted by Crippen LogP contribution is 2.36. The molecule has 3 nitrogen and oxygen atoms in total. The average Bonchev–Trinajstić information content (AvgIpc) is 2.50. The van der Waals surface area contributed by atoms with Crippen LogP contribution in [0.15, 0.2) is 22.7 Å². The molecule has 4 heteroatoms. The van der Waals surface area contributed by atoms with Crippen LogP contribution in [0.5, 0.6) is 0 Å². The lowest BCUT2D eigenvalue weighted by Crippen LogP contribution is -2.32. The number of carbonyl (C=O) groups is 1. The van der Waals surface area contributed by atoms with Gasteiger partial charge in [-0.3, -0.25) is 4.79 Å². The highest BCUT2D eigenvalue weighted by atomic mass is 79.9. The van der Waals surface area contributed by atoms with E-state index in [1.54, 1.807) is 4.90 Å². The largest absolute Gasteiger partial charge is 0.316 e. The van der Waals surface area contributed by atoms with E-state index in [2.05, 4.69) is 22.9 Å². The topological polar surface area (TPSA) is 46.3 Å². The average molecular weight is 283 g/mol. The molecule has 86 valence electrons. The number of nitrogens with zero attached hydrogens (tertiary/aromatic N) is 1. The van der Waals surface area contributed by atoms with Crippen molar-refractivity contribution in [3.05, 3.63) is 28.2 Å². The normalized spacial score (nSPS) is 19.1. The maximum absolute atomic E-state index is 12.0. The number of benzene rings is 1. The van der Waals surface area contributed by atoms with Crippen LogP contribution >= 0.6 is 15.9 Å². The van der Waals surface area contributed by atoms with Crippen LogP contribution in [0, 0.1) is 0 Å². The number of carbonyl (C=O) groups excluding carboxylic acids is 1. The summed E-state index contributed by atoms with van der Waals surface area (Å²) in [6, 6.07) is 5.33. The molecule has 0 fully saturated rings. The van der Waals surface area contributed by atoms with E-state index >= 15 is 0 Å². The molecule has 1 aromatic carbocycles. The Hall–Kier alpha value is -0.870. The van der Waals surface area contributed by atoms with E-state index in [-0.39, 0.29) is 5.91 Å². The van der Waals surface area contributed by atoms with Gasteiger partial charge < -0.3 is 10.6 Å². The zero-order valence-corrected chi connectivity index (χ0v) is 10.8. The van der Waals surface area contributed by atoms with E-state index in [1.807, 2.05) is 18.2 Å². The highest BCUT2D eigenvalue weighted by molar-refractivity contribution is 9.10. The number of anilines is 1. The van der Waals surface area contributed by atoms with Gasteiger partial charge in [0.05, 0.1) is 5.69 Å². The van der Waals surface area contributed by atoms with Crippen LogP contribution < -0.4 is 10.6 Å². The molecule has 16 heavy (non-hydrogen) atoms. The fourth-order valence-electron chi connectivity index (χ4n) is 1.98. The fraction of sp³-hybridized carbons (Fsp3) is 0.417. The summed E-state index contributed by atoms with van der Waals surface area (Å²) in [6.07, 6.45) is 2.08. The van der Waals surface area contributed by atoms with Gasteiger partial charge in [0.2, 0.25) is 5.91 Å². The van der Waals surface area contributed by atoms with Crippen molar-refractivity contribution in [1.29, 1.82) is 0 Å². The lowest BCUT2D eigenvalue weighted by Gasteiger charge is -2.17. The number of hydrogen-bond donors (Lipinski definition) is 1. The van der Waals surface area contributed by atoms with Crippen molar-refractivity contribution >= 4 is 27.5 Å². The Morgan fingerprint density at radius 1 is 1.50 bits per heavy atom. The summed E-state index contributed by atoms with van der Waals surface area (Å²) in [5.41, 5.74) is 7.79. The number of halogens is 1. The molecular formula is C12H15BrN2O. The van der Waals surface area contributed by atoms with Crippen molar-refractivity contribution in [3.8, 4) is 0 Å². The molecule has 0 saturated carbocycles. The van der Waals surface area contributed by atoms with Crippen LogP contribution in [0.3, 0.4) is 0 Å². The van der Waals surface area contributed by atoms with Crippen molar-refractivity contribution in [2.45, 2.75) is 25.8 Å². The Balaban J connectivity index is 2.35. The molecule has 2 rings (SSSR count). The van der Waals surface area contributed by atoms with Gasteiger partial charge in [-0.1, -0.05) is 35.3 Å². The van der Waals surface area contributed by atoms with E-state index in [1.165, 1.54) is 0 Å². The molecule has 0 aromatic heterocycles. The van der Waals surface area contributed by atoms with Crippen LogP contribution in [0.4, 0.5) is 5.69 Å². The third-order valence-electron chi connectivity index (χ3n) is 2.89. The number of unbranched alkanes of at least 4 members (excludes halogenated alkanes) is 1. The molecule has 0 radical (unpaired) electrons. The third kappa shape index (κ3) is 1.87. The summed E-state index contributed by atoms with van der Waals surface area (Å²) < 4.78 is 0.981. The Morgan fingerprint density at radius 3 is 2.94 bits per heavy atom. The van der Waals surface area contributed by atoms with Crippen LogP contribution in [-0.4, -0.2) is 12.5 Å². The first-order chi connectivity index (χ1) is 7.65. The first-order valence-corrected chi connectivity index (χ1v) is 6.31. The lowest BCUT2D eigenvalue weighted by atomic mass is 10.1. The molecule has 0 aliphatic carbocycles. The van der Waals surface area contributed by atoms with Crippen molar-refractivity contribution in [1.82, 2.24) is 0 Å². The number of rotatable bonds is 3. The Bertz CT molecular complexity index is 419. The van der Waals surface area contributed by atoms with Gasteiger partial charge in [0.25, 0.3) is 0 Å². The van der Waals surface area contributed by atoms with Crippen molar-refractivity contribution < 1.29 is 4.79 Å². The van der Waals surface area contributed by atoms with E-state index < -0.39 is 6.04 Å². The van der Waals surface area contributed by atoms with Crippen LogP contribution in [0.25, 0.3) is 0 Å². The zero-order valence-electron chi connectivity index (χ0n) is 9.24. The van der Waals surface area contributed by atoms with E-state index in [4.69, 9.17) is 5.73 Å². The molecule has 1 aliphatic rings. The zero-order chi connectivity index (χ0) is 11.7. The number of nitrogens with two attached hydrogens (primary N) is 1. The monoisotopic (exact) mass is 282 g/mol. The minimum atomic E-state index is -0.486. The lowest BCUT2D eigenvalue weighted by molar-refractivity contribution is -0.119. The minimum Gasteiger partial charge on any atom is -0.316 e. The molecule has 0 bridgehead atoms. The van der Waals surface area contributed by atoms with Gasteiger partial charge in [0.1, 0.15) is 6.04 Å². The third-order valence-corrected chi connectivity index (χ3v) is 3.38. The molecule has 1 atom stereocenters. The van der Waals surface area contributed by atoms with Gasteiger partial charge in [-0.15, -0.1) is 0 Å². The second-order valence-corrected chi connectivity index (χ2v) is 4.94. The van der Waals surface area contributed by atoms with Crippen LogP contribution in [-0.2, 0) is 4.79 Å². The number of amides is 1. The highest BCUT2D eigenvalue weighted by Gasteiger charge is 2.34. The summed E-state index contributed by atoms with van der Waals surface area (Å²) in [6.45, 7) is 2.87. The minimum absolute atomic E-state index is 0.0153. The molecule has 0 saturated heterocycles. The molecule has 1 amide bonds. The van der Waals surface area contributed by atoms with Crippen molar-refractivity contribution in [2.24, 2.45) is 5.73 Å². The molecule has 1 unspecified atom stereocenters. The maximum Gasteiger partial charge on any atom is 0.248 e. The Kier molecular flexibility index (Phi) is 3.30. The molecule has 1 heterocycles. The van der Waals surface area contributed by atoms with E-state index in [9.17, 15) is 4.79 Å².